The first kappa shape index (κ1) is 10.4. The molecule has 0 aromatic heterocycles. The summed E-state index contributed by atoms with van der Waals surface area (Å²) in [6, 6.07) is 1.29. The van der Waals surface area contributed by atoms with Crippen molar-refractivity contribution in [3.05, 3.63) is 0 Å². The smallest absolute Gasteiger partial charge is 0.0216 e. The summed E-state index contributed by atoms with van der Waals surface area (Å²) >= 11 is 4.23. The SMILES string of the molecule is CC(C)[C@H]1CN[C@@H](CCS)CN1. The standard InChI is InChI=1S/C9H20N2S/c1-7(2)9-6-10-8(3-4-12)5-11-9/h7-12H,3-6H2,1-2H3/t8-,9+/m0/s1. The molecule has 0 radical (unpaired) electrons. The predicted octanol–water partition coefficient (Wildman–Crippen LogP) is 0.892. The van der Waals surface area contributed by atoms with Crippen LogP contribution in [0.5, 0.6) is 0 Å². The van der Waals surface area contributed by atoms with Crippen LogP contribution in [0, 0.1) is 5.92 Å². The molecule has 0 bridgehead atoms. The van der Waals surface area contributed by atoms with Gasteiger partial charge < -0.3 is 10.6 Å². The van der Waals surface area contributed by atoms with Gasteiger partial charge in [-0.2, -0.15) is 12.6 Å². The molecule has 1 rings (SSSR count). The zero-order valence-corrected chi connectivity index (χ0v) is 8.90. The van der Waals surface area contributed by atoms with Crippen molar-refractivity contribution >= 4 is 12.6 Å². The number of thiol groups is 1. The highest BCUT2D eigenvalue weighted by Gasteiger charge is 2.20. The van der Waals surface area contributed by atoms with Crippen LogP contribution in [0.15, 0.2) is 0 Å². The number of nitrogens with one attached hydrogen (secondary N) is 2. The largest absolute Gasteiger partial charge is 0.311 e. The molecule has 1 heterocycles. The van der Waals surface area contributed by atoms with Gasteiger partial charge >= 0.3 is 0 Å². The van der Waals surface area contributed by atoms with Crippen LogP contribution in [0.3, 0.4) is 0 Å². The molecule has 0 unspecified atom stereocenters. The van der Waals surface area contributed by atoms with E-state index in [0.717, 1.165) is 24.8 Å². The highest BCUT2D eigenvalue weighted by molar-refractivity contribution is 7.80. The number of hydrogen-bond donors (Lipinski definition) is 3. The Bertz CT molecular complexity index is 120. The van der Waals surface area contributed by atoms with Crippen LogP contribution >= 0.6 is 12.6 Å². The van der Waals surface area contributed by atoms with Crippen LogP contribution < -0.4 is 10.6 Å². The van der Waals surface area contributed by atoms with Gasteiger partial charge in [-0.25, -0.2) is 0 Å². The van der Waals surface area contributed by atoms with Gasteiger partial charge in [-0.1, -0.05) is 13.8 Å². The molecule has 0 amide bonds. The molecule has 72 valence electrons. The molecule has 2 N–H and O–H groups in total. The molecule has 2 nitrogen and oxygen atoms in total. The van der Waals surface area contributed by atoms with Gasteiger partial charge in [0.15, 0.2) is 0 Å². The van der Waals surface area contributed by atoms with Crippen LogP contribution in [-0.4, -0.2) is 30.9 Å². The molecule has 1 aliphatic rings. The van der Waals surface area contributed by atoms with Crippen molar-refractivity contribution in [3.63, 3.8) is 0 Å². The van der Waals surface area contributed by atoms with E-state index in [9.17, 15) is 0 Å². The Morgan fingerprint density at radius 1 is 1.33 bits per heavy atom. The Morgan fingerprint density at radius 3 is 2.50 bits per heavy atom. The summed E-state index contributed by atoms with van der Waals surface area (Å²) in [5.74, 6) is 1.71. The molecular weight excluding hydrogens is 168 g/mol. The fraction of sp³-hybridized carbons (Fsp3) is 1.00. The minimum absolute atomic E-state index is 0.637. The molecule has 1 saturated heterocycles. The number of piperazine rings is 1. The van der Waals surface area contributed by atoms with Gasteiger partial charge in [-0.05, 0) is 18.1 Å². The lowest BCUT2D eigenvalue weighted by Gasteiger charge is -2.33. The second kappa shape index (κ2) is 5.10. The quantitative estimate of drug-likeness (QED) is 0.573. The molecule has 0 aromatic rings. The summed E-state index contributed by atoms with van der Waals surface area (Å²) in [4.78, 5) is 0. The molecule has 3 heteroatoms. The van der Waals surface area contributed by atoms with Gasteiger partial charge in [-0.3, -0.25) is 0 Å². The third kappa shape index (κ3) is 2.96. The first-order valence-corrected chi connectivity index (χ1v) is 5.45. The van der Waals surface area contributed by atoms with Crippen molar-refractivity contribution in [1.82, 2.24) is 10.6 Å². The Morgan fingerprint density at radius 2 is 2.08 bits per heavy atom. The second-order valence-electron chi connectivity index (χ2n) is 3.88. The van der Waals surface area contributed by atoms with Crippen molar-refractivity contribution in [3.8, 4) is 0 Å². The first-order chi connectivity index (χ1) is 5.74. The predicted molar refractivity (Wildman–Crippen MR) is 56.9 cm³/mol. The summed E-state index contributed by atoms with van der Waals surface area (Å²) in [5, 5.41) is 7.10. The lowest BCUT2D eigenvalue weighted by atomic mass is 10.0. The van der Waals surface area contributed by atoms with Crippen molar-refractivity contribution in [2.75, 3.05) is 18.8 Å². The van der Waals surface area contributed by atoms with Crippen LogP contribution in [0.25, 0.3) is 0 Å². The molecule has 0 spiro atoms. The van der Waals surface area contributed by atoms with E-state index in [1.165, 1.54) is 6.42 Å². The molecule has 1 fully saturated rings. The third-order valence-electron chi connectivity index (χ3n) is 2.54. The molecule has 0 saturated carbocycles. The van der Waals surface area contributed by atoms with E-state index in [1.54, 1.807) is 0 Å². The van der Waals surface area contributed by atoms with E-state index < -0.39 is 0 Å². The second-order valence-corrected chi connectivity index (χ2v) is 4.32. The highest BCUT2D eigenvalue weighted by atomic mass is 32.1. The Balaban J connectivity index is 2.20. The summed E-state index contributed by atoms with van der Waals surface area (Å²) in [7, 11) is 0. The first-order valence-electron chi connectivity index (χ1n) is 4.81. The van der Waals surface area contributed by atoms with E-state index >= 15 is 0 Å². The van der Waals surface area contributed by atoms with Crippen LogP contribution in [0.2, 0.25) is 0 Å². The van der Waals surface area contributed by atoms with Crippen LogP contribution in [-0.2, 0) is 0 Å². The maximum atomic E-state index is 4.23. The van der Waals surface area contributed by atoms with E-state index in [-0.39, 0.29) is 0 Å². The lowest BCUT2D eigenvalue weighted by molar-refractivity contribution is 0.291. The maximum Gasteiger partial charge on any atom is 0.0216 e. The molecule has 12 heavy (non-hydrogen) atoms. The zero-order chi connectivity index (χ0) is 8.97. The molecular formula is C9H20N2S. The molecule has 2 atom stereocenters. The van der Waals surface area contributed by atoms with Gasteiger partial charge in [-0.15, -0.1) is 0 Å². The normalized spacial score (nSPS) is 31.0. The van der Waals surface area contributed by atoms with Gasteiger partial charge in [0.05, 0.1) is 0 Å². The van der Waals surface area contributed by atoms with Crippen molar-refractivity contribution < 1.29 is 0 Å². The highest BCUT2D eigenvalue weighted by Crippen LogP contribution is 2.06. The summed E-state index contributed by atoms with van der Waals surface area (Å²) in [6.45, 7) is 6.73. The number of hydrogen-bond acceptors (Lipinski definition) is 3. The Hall–Kier alpha value is 0.270. The summed E-state index contributed by atoms with van der Waals surface area (Å²) in [5.41, 5.74) is 0. The molecule has 1 aliphatic heterocycles. The van der Waals surface area contributed by atoms with E-state index in [0.29, 0.717) is 12.1 Å². The molecule has 0 aliphatic carbocycles. The third-order valence-corrected chi connectivity index (χ3v) is 2.79. The van der Waals surface area contributed by atoms with Crippen LogP contribution in [0.4, 0.5) is 0 Å². The topological polar surface area (TPSA) is 24.1 Å². The monoisotopic (exact) mass is 188 g/mol. The van der Waals surface area contributed by atoms with Crippen molar-refractivity contribution in [2.24, 2.45) is 5.92 Å². The van der Waals surface area contributed by atoms with Crippen LogP contribution in [0.1, 0.15) is 20.3 Å². The van der Waals surface area contributed by atoms with E-state index in [4.69, 9.17) is 0 Å². The van der Waals surface area contributed by atoms with Gasteiger partial charge in [0.1, 0.15) is 0 Å². The summed E-state index contributed by atoms with van der Waals surface area (Å²) < 4.78 is 0. The Labute approximate surface area is 80.9 Å². The van der Waals surface area contributed by atoms with Crippen molar-refractivity contribution in [2.45, 2.75) is 32.4 Å². The maximum absolute atomic E-state index is 4.23. The van der Waals surface area contributed by atoms with Crippen molar-refractivity contribution in [1.29, 1.82) is 0 Å². The molecule has 0 aromatic carbocycles. The fourth-order valence-corrected chi connectivity index (χ4v) is 1.87. The van der Waals surface area contributed by atoms with Gasteiger partial charge in [0.25, 0.3) is 0 Å². The van der Waals surface area contributed by atoms with E-state index in [1.807, 2.05) is 0 Å². The minimum atomic E-state index is 0.637. The van der Waals surface area contributed by atoms with Gasteiger partial charge in [0, 0.05) is 25.2 Å². The lowest BCUT2D eigenvalue weighted by Crippen LogP contribution is -2.56. The average molecular weight is 188 g/mol. The summed E-state index contributed by atoms with van der Waals surface area (Å²) in [6.07, 6.45) is 1.17. The Kier molecular flexibility index (Phi) is 4.40. The van der Waals surface area contributed by atoms with E-state index in [2.05, 4.69) is 37.1 Å². The average Bonchev–Trinajstić information content (AvgIpc) is 2.06. The number of rotatable bonds is 3. The minimum Gasteiger partial charge on any atom is -0.311 e. The zero-order valence-electron chi connectivity index (χ0n) is 8.01. The fourth-order valence-electron chi connectivity index (χ4n) is 1.56. The van der Waals surface area contributed by atoms with Gasteiger partial charge in [0.2, 0.25) is 0 Å².